The third-order valence-electron chi connectivity index (χ3n) is 3.35. The van der Waals surface area contributed by atoms with Gasteiger partial charge in [0.2, 0.25) is 5.91 Å². The topological polar surface area (TPSA) is 61.4 Å². The van der Waals surface area contributed by atoms with E-state index in [0.717, 1.165) is 12.2 Å². The highest BCUT2D eigenvalue weighted by atomic mass is 32.2. The lowest BCUT2D eigenvalue weighted by molar-refractivity contribution is -0.121. The molecule has 2 N–H and O–H groups in total. The molecule has 0 bridgehead atoms. The molecule has 0 heterocycles. The number of urea groups is 1. The second kappa shape index (κ2) is 10.1. The van der Waals surface area contributed by atoms with Crippen LogP contribution in [-0.4, -0.2) is 49.3 Å². The van der Waals surface area contributed by atoms with Crippen molar-refractivity contribution in [2.75, 3.05) is 26.4 Å². The molecule has 6 heteroatoms. The first-order chi connectivity index (χ1) is 10.5. The number of nitrogens with zero attached hydrogens (tertiary/aromatic N) is 1. The van der Waals surface area contributed by atoms with E-state index >= 15 is 0 Å². The Morgan fingerprint density at radius 1 is 1.27 bits per heavy atom. The molecule has 0 radical (unpaired) electrons. The standard InChI is InChI=1S/C16H25N3O2S/c1-13(12-15(20)17-2)19(3)16(21)18-10-7-11-22-14-8-5-4-6-9-14/h4-6,8-9,13H,7,10-12H2,1-3H3,(H,17,20)(H,18,21)/t13-/m0/s1. The van der Waals surface area contributed by atoms with Crippen LogP contribution in [0.1, 0.15) is 19.8 Å². The Balaban J connectivity index is 2.18. The molecule has 5 nitrogen and oxygen atoms in total. The Hall–Kier alpha value is -1.69. The summed E-state index contributed by atoms with van der Waals surface area (Å²) in [7, 11) is 3.31. The highest BCUT2D eigenvalue weighted by Crippen LogP contribution is 2.17. The van der Waals surface area contributed by atoms with Gasteiger partial charge in [0.25, 0.3) is 0 Å². The summed E-state index contributed by atoms with van der Waals surface area (Å²) in [5.41, 5.74) is 0. The number of amides is 3. The van der Waals surface area contributed by atoms with Crippen molar-refractivity contribution in [2.24, 2.45) is 0 Å². The average Bonchev–Trinajstić information content (AvgIpc) is 2.54. The van der Waals surface area contributed by atoms with E-state index in [9.17, 15) is 9.59 Å². The van der Waals surface area contributed by atoms with Crippen molar-refractivity contribution in [1.29, 1.82) is 0 Å². The molecular weight excluding hydrogens is 298 g/mol. The van der Waals surface area contributed by atoms with Gasteiger partial charge in [-0.25, -0.2) is 4.79 Å². The summed E-state index contributed by atoms with van der Waals surface area (Å²) in [4.78, 5) is 26.1. The quantitative estimate of drug-likeness (QED) is 0.570. The summed E-state index contributed by atoms with van der Waals surface area (Å²) in [6.45, 7) is 2.50. The lowest BCUT2D eigenvalue weighted by atomic mass is 10.2. The average molecular weight is 323 g/mol. The smallest absolute Gasteiger partial charge is 0.317 e. The SMILES string of the molecule is CNC(=O)C[C@H](C)N(C)C(=O)NCCCSc1ccccc1. The minimum atomic E-state index is -0.138. The van der Waals surface area contributed by atoms with Crippen LogP contribution in [0, 0.1) is 0 Å². The molecule has 3 amide bonds. The number of nitrogens with one attached hydrogen (secondary N) is 2. The first kappa shape index (κ1) is 18.4. The maximum absolute atomic E-state index is 12.0. The number of benzene rings is 1. The number of thioether (sulfide) groups is 1. The van der Waals surface area contributed by atoms with E-state index < -0.39 is 0 Å². The zero-order valence-corrected chi connectivity index (χ0v) is 14.3. The zero-order chi connectivity index (χ0) is 16.4. The third-order valence-corrected chi connectivity index (χ3v) is 4.45. The molecule has 1 rings (SSSR count). The number of hydrogen-bond acceptors (Lipinski definition) is 3. The van der Waals surface area contributed by atoms with Gasteiger partial charge in [0.05, 0.1) is 0 Å². The Kier molecular flexibility index (Phi) is 8.43. The van der Waals surface area contributed by atoms with Gasteiger partial charge in [-0.2, -0.15) is 0 Å². The largest absolute Gasteiger partial charge is 0.359 e. The molecule has 0 unspecified atom stereocenters. The first-order valence-corrected chi connectivity index (χ1v) is 8.42. The van der Waals surface area contributed by atoms with E-state index in [-0.39, 0.29) is 18.0 Å². The van der Waals surface area contributed by atoms with E-state index in [1.807, 2.05) is 25.1 Å². The van der Waals surface area contributed by atoms with E-state index in [1.54, 1.807) is 30.8 Å². The van der Waals surface area contributed by atoms with Crippen LogP contribution in [0.3, 0.4) is 0 Å². The second-order valence-electron chi connectivity index (χ2n) is 5.08. The third kappa shape index (κ3) is 6.85. The van der Waals surface area contributed by atoms with Crippen LogP contribution in [0.15, 0.2) is 35.2 Å². The summed E-state index contributed by atoms with van der Waals surface area (Å²) in [6.07, 6.45) is 1.22. The molecule has 0 spiro atoms. The van der Waals surface area contributed by atoms with E-state index in [1.165, 1.54) is 4.90 Å². The van der Waals surface area contributed by atoms with Crippen molar-refractivity contribution in [3.05, 3.63) is 30.3 Å². The highest BCUT2D eigenvalue weighted by molar-refractivity contribution is 7.99. The number of carbonyl (C=O) groups is 2. The zero-order valence-electron chi connectivity index (χ0n) is 13.5. The van der Waals surface area contributed by atoms with Crippen LogP contribution < -0.4 is 10.6 Å². The van der Waals surface area contributed by atoms with Gasteiger partial charge in [-0.1, -0.05) is 18.2 Å². The van der Waals surface area contributed by atoms with Gasteiger partial charge < -0.3 is 15.5 Å². The predicted molar refractivity (Wildman–Crippen MR) is 91.1 cm³/mol. The Bertz CT molecular complexity index is 468. The summed E-state index contributed by atoms with van der Waals surface area (Å²) in [5, 5.41) is 5.45. The van der Waals surface area contributed by atoms with Crippen LogP contribution in [0.4, 0.5) is 4.79 Å². The lowest BCUT2D eigenvalue weighted by Crippen LogP contribution is -2.44. The number of rotatable bonds is 8. The highest BCUT2D eigenvalue weighted by Gasteiger charge is 2.17. The molecule has 0 saturated carbocycles. The van der Waals surface area contributed by atoms with E-state index in [4.69, 9.17) is 0 Å². The number of carbonyl (C=O) groups excluding carboxylic acids is 2. The van der Waals surface area contributed by atoms with Crippen molar-refractivity contribution < 1.29 is 9.59 Å². The fourth-order valence-corrected chi connectivity index (χ4v) is 2.68. The monoisotopic (exact) mass is 323 g/mol. The van der Waals surface area contributed by atoms with Gasteiger partial charge in [0, 0.05) is 38.0 Å². The predicted octanol–water partition coefficient (Wildman–Crippen LogP) is 2.33. The molecule has 122 valence electrons. The van der Waals surface area contributed by atoms with Gasteiger partial charge in [0.15, 0.2) is 0 Å². The van der Waals surface area contributed by atoms with Gasteiger partial charge in [0.1, 0.15) is 0 Å². The molecule has 22 heavy (non-hydrogen) atoms. The molecule has 0 aliphatic heterocycles. The fraction of sp³-hybridized carbons (Fsp3) is 0.500. The molecule has 0 saturated heterocycles. The Labute approximate surface area is 136 Å². The molecule has 0 aliphatic carbocycles. The lowest BCUT2D eigenvalue weighted by Gasteiger charge is -2.24. The van der Waals surface area contributed by atoms with E-state index in [2.05, 4.69) is 22.8 Å². The van der Waals surface area contributed by atoms with Crippen molar-refractivity contribution in [3.63, 3.8) is 0 Å². The minimum Gasteiger partial charge on any atom is -0.359 e. The van der Waals surface area contributed by atoms with E-state index in [0.29, 0.717) is 13.0 Å². The maximum Gasteiger partial charge on any atom is 0.317 e. The van der Waals surface area contributed by atoms with Crippen LogP contribution in [0.25, 0.3) is 0 Å². The second-order valence-corrected chi connectivity index (χ2v) is 6.25. The normalized spacial score (nSPS) is 11.6. The summed E-state index contributed by atoms with van der Waals surface area (Å²) in [5.74, 6) is 0.897. The van der Waals surface area contributed by atoms with Crippen LogP contribution in [0.5, 0.6) is 0 Å². The van der Waals surface area contributed by atoms with Crippen LogP contribution in [0.2, 0.25) is 0 Å². The maximum atomic E-state index is 12.0. The van der Waals surface area contributed by atoms with Gasteiger partial charge >= 0.3 is 6.03 Å². The first-order valence-electron chi connectivity index (χ1n) is 7.43. The summed E-state index contributed by atoms with van der Waals surface area (Å²) < 4.78 is 0. The molecule has 0 aliphatic rings. The summed E-state index contributed by atoms with van der Waals surface area (Å²) in [6, 6.07) is 9.94. The van der Waals surface area contributed by atoms with Gasteiger partial charge in [-0.3, -0.25) is 4.79 Å². The molecule has 1 aromatic carbocycles. The molecule has 1 atom stereocenters. The van der Waals surface area contributed by atoms with Crippen LogP contribution in [-0.2, 0) is 4.79 Å². The van der Waals surface area contributed by atoms with Crippen LogP contribution >= 0.6 is 11.8 Å². The van der Waals surface area contributed by atoms with Crippen molar-refractivity contribution in [3.8, 4) is 0 Å². The van der Waals surface area contributed by atoms with Gasteiger partial charge in [-0.05, 0) is 31.2 Å². The molecule has 0 fully saturated rings. The summed E-state index contributed by atoms with van der Waals surface area (Å²) >= 11 is 1.78. The van der Waals surface area contributed by atoms with Crippen molar-refractivity contribution in [2.45, 2.75) is 30.7 Å². The van der Waals surface area contributed by atoms with Crippen molar-refractivity contribution >= 4 is 23.7 Å². The minimum absolute atomic E-state index is 0.0635. The van der Waals surface area contributed by atoms with Gasteiger partial charge in [-0.15, -0.1) is 11.8 Å². The Morgan fingerprint density at radius 2 is 1.95 bits per heavy atom. The molecule has 0 aromatic heterocycles. The molecule has 1 aromatic rings. The fourth-order valence-electron chi connectivity index (χ4n) is 1.81. The Morgan fingerprint density at radius 3 is 2.59 bits per heavy atom. The number of hydrogen-bond donors (Lipinski definition) is 2. The van der Waals surface area contributed by atoms with Crippen molar-refractivity contribution in [1.82, 2.24) is 15.5 Å². The molecular formula is C16H25N3O2S.